The molecule has 3 rings (SSSR count). The van der Waals surface area contributed by atoms with Crippen LogP contribution in [0, 0.1) is 0 Å². The predicted molar refractivity (Wildman–Crippen MR) is 79.2 cm³/mol. The summed E-state index contributed by atoms with van der Waals surface area (Å²) in [6.45, 7) is 0.0736. The van der Waals surface area contributed by atoms with Gasteiger partial charge in [0.2, 0.25) is 5.91 Å². The molecular formula is C15H15N3O2. The van der Waals surface area contributed by atoms with Crippen molar-refractivity contribution in [3.63, 3.8) is 0 Å². The van der Waals surface area contributed by atoms with Crippen LogP contribution in [0.1, 0.15) is 0 Å². The smallest absolute Gasteiger partial charge is 0.329 e. The van der Waals surface area contributed by atoms with Crippen LogP contribution in [0.2, 0.25) is 0 Å². The standard InChI is InChI=1S/C15H15N3O2/c1-17(2)12-7-8-13(11-6-4-3-5-10(11)12)18-9-14(19)16-15(18)20/h3-8H,9H2,1-2H3,(H,16,19,20). The number of hydrogen-bond donors (Lipinski definition) is 1. The maximum atomic E-state index is 11.8. The summed E-state index contributed by atoms with van der Waals surface area (Å²) in [7, 11) is 3.96. The molecule has 0 unspecified atom stereocenters. The largest absolute Gasteiger partial charge is 0.377 e. The second kappa shape index (κ2) is 4.52. The molecule has 1 N–H and O–H groups in total. The van der Waals surface area contributed by atoms with Crippen LogP contribution in [0.15, 0.2) is 36.4 Å². The number of hydrogen-bond acceptors (Lipinski definition) is 3. The molecule has 0 radical (unpaired) electrons. The van der Waals surface area contributed by atoms with Gasteiger partial charge in [-0.15, -0.1) is 0 Å². The van der Waals surface area contributed by atoms with Crippen molar-refractivity contribution in [2.45, 2.75) is 0 Å². The van der Waals surface area contributed by atoms with E-state index in [1.807, 2.05) is 55.4 Å². The molecule has 1 saturated heterocycles. The Labute approximate surface area is 116 Å². The summed E-state index contributed by atoms with van der Waals surface area (Å²) in [5, 5.41) is 4.32. The molecule has 1 fully saturated rings. The first kappa shape index (κ1) is 12.5. The molecule has 2 aromatic carbocycles. The van der Waals surface area contributed by atoms with Gasteiger partial charge in [0.1, 0.15) is 6.54 Å². The lowest BCUT2D eigenvalue weighted by Gasteiger charge is -2.21. The highest BCUT2D eigenvalue weighted by Gasteiger charge is 2.29. The second-order valence-corrected chi connectivity index (χ2v) is 4.98. The molecule has 5 heteroatoms. The summed E-state index contributed by atoms with van der Waals surface area (Å²) >= 11 is 0. The normalized spacial score (nSPS) is 14.8. The topological polar surface area (TPSA) is 52.6 Å². The quantitative estimate of drug-likeness (QED) is 0.848. The van der Waals surface area contributed by atoms with Gasteiger partial charge in [0.25, 0.3) is 0 Å². The van der Waals surface area contributed by atoms with Crippen molar-refractivity contribution >= 4 is 34.1 Å². The van der Waals surface area contributed by atoms with Crippen molar-refractivity contribution in [1.29, 1.82) is 0 Å². The van der Waals surface area contributed by atoms with Crippen molar-refractivity contribution in [3.8, 4) is 0 Å². The molecule has 1 heterocycles. The van der Waals surface area contributed by atoms with Gasteiger partial charge in [0, 0.05) is 30.6 Å². The molecule has 0 aromatic heterocycles. The summed E-state index contributed by atoms with van der Waals surface area (Å²) in [5.41, 5.74) is 1.84. The van der Waals surface area contributed by atoms with Crippen LogP contribution in [0.5, 0.6) is 0 Å². The molecule has 1 aliphatic heterocycles. The van der Waals surface area contributed by atoms with Crippen LogP contribution in [-0.4, -0.2) is 32.6 Å². The first-order valence-corrected chi connectivity index (χ1v) is 6.38. The maximum absolute atomic E-state index is 11.8. The van der Waals surface area contributed by atoms with Crippen molar-refractivity contribution in [2.24, 2.45) is 0 Å². The Bertz CT molecular complexity index is 709. The lowest BCUT2D eigenvalue weighted by atomic mass is 10.1. The average Bonchev–Trinajstić information content (AvgIpc) is 2.76. The Morgan fingerprint density at radius 1 is 1.05 bits per heavy atom. The number of nitrogens with one attached hydrogen (secondary N) is 1. The van der Waals surface area contributed by atoms with Crippen LogP contribution in [-0.2, 0) is 4.79 Å². The number of nitrogens with zero attached hydrogens (tertiary/aromatic N) is 2. The number of benzene rings is 2. The molecule has 0 saturated carbocycles. The number of anilines is 2. The lowest BCUT2D eigenvalue weighted by Crippen LogP contribution is -2.28. The minimum absolute atomic E-state index is 0.0736. The SMILES string of the molecule is CN(C)c1ccc(N2CC(=O)NC2=O)c2ccccc12. The zero-order chi connectivity index (χ0) is 14.3. The van der Waals surface area contributed by atoms with Crippen LogP contribution in [0.4, 0.5) is 16.2 Å². The Kier molecular flexibility index (Phi) is 2.82. The minimum Gasteiger partial charge on any atom is -0.377 e. The van der Waals surface area contributed by atoms with Crippen molar-refractivity contribution in [2.75, 3.05) is 30.4 Å². The lowest BCUT2D eigenvalue weighted by molar-refractivity contribution is -0.117. The van der Waals surface area contributed by atoms with Gasteiger partial charge in [0.05, 0.1) is 5.69 Å². The van der Waals surface area contributed by atoms with E-state index in [0.717, 1.165) is 22.1 Å². The van der Waals surface area contributed by atoms with Gasteiger partial charge in [-0.2, -0.15) is 0 Å². The fraction of sp³-hybridized carbons (Fsp3) is 0.200. The number of amides is 3. The minimum atomic E-state index is -0.363. The highest BCUT2D eigenvalue weighted by atomic mass is 16.2. The fourth-order valence-electron chi connectivity index (χ4n) is 2.53. The highest BCUT2D eigenvalue weighted by molar-refractivity contribution is 6.16. The van der Waals surface area contributed by atoms with E-state index in [-0.39, 0.29) is 18.5 Å². The Morgan fingerprint density at radius 2 is 1.75 bits per heavy atom. The van der Waals surface area contributed by atoms with Crippen molar-refractivity contribution in [1.82, 2.24) is 5.32 Å². The van der Waals surface area contributed by atoms with Gasteiger partial charge in [-0.3, -0.25) is 15.0 Å². The Morgan fingerprint density at radius 3 is 2.35 bits per heavy atom. The summed E-state index contributed by atoms with van der Waals surface area (Å²) in [4.78, 5) is 26.7. The van der Waals surface area contributed by atoms with E-state index in [9.17, 15) is 9.59 Å². The molecular weight excluding hydrogens is 254 g/mol. The molecule has 5 nitrogen and oxygen atoms in total. The first-order chi connectivity index (χ1) is 9.58. The summed E-state index contributed by atoms with van der Waals surface area (Å²) in [6, 6.07) is 11.4. The molecule has 1 aliphatic rings. The molecule has 0 aliphatic carbocycles. The molecule has 20 heavy (non-hydrogen) atoms. The maximum Gasteiger partial charge on any atom is 0.329 e. The molecule has 0 spiro atoms. The van der Waals surface area contributed by atoms with E-state index >= 15 is 0 Å². The van der Waals surface area contributed by atoms with Gasteiger partial charge in [-0.25, -0.2) is 4.79 Å². The molecule has 3 amide bonds. The second-order valence-electron chi connectivity index (χ2n) is 4.98. The van der Waals surface area contributed by atoms with Crippen LogP contribution >= 0.6 is 0 Å². The Hall–Kier alpha value is -2.56. The predicted octanol–water partition coefficient (Wildman–Crippen LogP) is 1.96. The average molecular weight is 269 g/mol. The molecule has 2 aromatic rings. The van der Waals surface area contributed by atoms with E-state index < -0.39 is 0 Å². The summed E-state index contributed by atoms with van der Waals surface area (Å²) < 4.78 is 0. The van der Waals surface area contributed by atoms with Gasteiger partial charge in [0.15, 0.2) is 0 Å². The number of carbonyl (C=O) groups is 2. The van der Waals surface area contributed by atoms with E-state index in [2.05, 4.69) is 5.32 Å². The van der Waals surface area contributed by atoms with E-state index in [1.54, 1.807) is 0 Å². The van der Waals surface area contributed by atoms with Crippen LogP contribution < -0.4 is 15.1 Å². The third-order valence-electron chi connectivity index (χ3n) is 3.44. The number of carbonyl (C=O) groups excluding carboxylic acids is 2. The van der Waals surface area contributed by atoms with Gasteiger partial charge >= 0.3 is 6.03 Å². The van der Waals surface area contributed by atoms with Gasteiger partial charge in [-0.05, 0) is 12.1 Å². The molecule has 0 atom stereocenters. The zero-order valence-electron chi connectivity index (χ0n) is 11.4. The van der Waals surface area contributed by atoms with Crippen molar-refractivity contribution < 1.29 is 9.59 Å². The van der Waals surface area contributed by atoms with Gasteiger partial charge < -0.3 is 4.90 Å². The highest BCUT2D eigenvalue weighted by Crippen LogP contribution is 2.34. The van der Waals surface area contributed by atoms with E-state index in [0.29, 0.717) is 0 Å². The van der Waals surface area contributed by atoms with Crippen LogP contribution in [0.25, 0.3) is 10.8 Å². The van der Waals surface area contributed by atoms with Crippen molar-refractivity contribution in [3.05, 3.63) is 36.4 Å². The first-order valence-electron chi connectivity index (χ1n) is 6.38. The number of imide groups is 1. The number of rotatable bonds is 2. The fourth-order valence-corrected chi connectivity index (χ4v) is 2.53. The molecule has 102 valence electrons. The third kappa shape index (κ3) is 1.87. The molecule has 0 bridgehead atoms. The van der Waals surface area contributed by atoms with Crippen LogP contribution in [0.3, 0.4) is 0 Å². The van der Waals surface area contributed by atoms with E-state index in [4.69, 9.17) is 0 Å². The summed E-state index contributed by atoms with van der Waals surface area (Å²) in [6.07, 6.45) is 0. The van der Waals surface area contributed by atoms with E-state index in [1.165, 1.54) is 4.90 Å². The Balaban J connectivity index is 2.21. The number of fused-ring (bicyclic) bond motifs is 1. The zero-order valence-corrected chi connectivity index (χ0v) is 11.4. The summed E-state index contributed by atoms with van der Waals surface area (Å²) in [5.74, 6) is -0.268. The van der Waals surface area contributed by atoms with Gasteiger partial charge in [-0.1, -0.05) is 24.3 Å². The third-order valence-corrected chi connectivity index (χ3v) is 3.44. The number of urea groups is 1. The monoisotopic (exact) mass is 269 g/mol.